The summed E-state index contributed by atoms with van der Waals surface area (Å²) in [6.45, 7) is 6.36. The SMILES string of the molecule is Cc1c[nH]c2ccc(C(C)(C)CO)cc12. The largest absolute Gasteiger partial charge is 0.395 e. The normalized spacial score (nSPS) is 12.3. The summed E-state index contributed by atoms with van der Waals surface area (Å²) in [5, 5.41) is 10.6. The first-order valence-electron chi connectivity index (χ1n) is 5.24. The van der Waals surface area contributed by atoms with Crippen molar-refractivity contribution < 1.29 is 5.11 Å². The molecule has 0 aliphatic rings. The molecule has 1 aromatic carbocycles. The second-order valence-electron chi connectivity index (χ2n) is 4.77. The zero-order valence-electron chi connectivity index (χ0n) is 9.46. The molecule has 1 heterocycles. The lowest BCUT2D eigenvalue weighted by atomic mass is 9.85. The minimum atomic E-state index is -0.169. The van der Waals surface area contributed by atoms with Crippen molar-refractivity contribution >= 4 is 10.9 Å². The number of aliphatic hydroxyl groups excluding tert-OH is 1. The summed E-state index contributed by atoms with van der Waals surface area (Å²) in [5.41, 5.74) is 3.42. The van der Waals surface area contributed by atoms with E-state index in [1.54, 1.807) is 0 Å². The van der Waals surface area contributed by atoms with Crippen molar-refractivity contribution in [3.05, 3.63) is 35.5 Å². The number of hydrogen-bond acceptors (Lipinski definition) is 1. The van der Waals surface area contributed by atoms with Crippen LogP contribution in [0.1, 0.15) is 25.0 Å². The highest BCUT2D eigenvalue weighted by Crippen LogP contribution is 2.27. The second-order valence-corrected chi connectivity index (χ2v) is 4.77. The topological polar surface area (TPSA) is 36.0 Å². The molecular formula is C13H17NO. The van der Waals surface area contributed by atoms with E-state index in [2.05, 4.69) is 44.0 Å². The minimum absolute atomic E-state index is 0.169. The molecule has 2 rings (SSSR count). The number of nitrogens with one attached hydrogen (secondary N) is 1. The van der Waals surface area contributed by atoms with E-state index in [4.69, 9.17) is 0 Å². The molecule has 0 fully saturated rings. The first-order chi connectivity index (χ1) is 7.04. The van der Waals surface area contributed by atoms with E-state index >= 15 is 0 Å². The zero-order chi connectivity index (χ0) is 11.1. The fraction of sp³-hybridized carbons (Fsp3) is 0.385. The Balaban J connectivity index is 2.59. The van der Waals surface area contributed by atoms with Gasteiger partial charge in [-0.2, -0.15) is 0 Å². The average Bonchev–Trinajstić information content (AvgIpc) is 2.60. The van der Waals surface area contributed by atoms with Crippen molar-refractivity contribution in [2.45, 2.75) is 26.2 Å². The van der Waals surface area contributed by atoms with E-state index in [1.807, 2.05) is 6.20 Å². The minimum Gasteiger partial charge on any atom is -0.395 e. The standard InChI is InChI=1S/C13H17NO/c1-9-7-14-12-5-4-10(6-11(9)12)13(2,3)8-15/h4-7,14-15H,8H2,1-3H3. The highest BCUT2D eigenvalue weighted by atomic mass is 16.3. The number of hydrogen-bond donors (Lipinski definition) is 2. The van der Waals surface area contributed by atoms with Crippen molar-refractivity contribution in [1.82, 2.24) is 4.98 Å². The van der Waals surface area contributed by atoms with Gasteiger partial charge in [-0.15, -0.1) is 0 Å². The maximum absolute atomic E-state index is 9.33. The number of aromatic nitrogens is 1. The van der Waals surface area contributed by atoms with Crippen molar-refractivity contribution in [1.29, 1.82) is 0 Å². The smallest absolute Gasteiger partial charge is 0.0522 e. The quantitative estimate of drug-likeness (QED) is 0.773. The van der Waals surface area contributed by atoms with Crippen LogP contribution in [0.25, 0.3) is 10.9 Å². The predicted octanol–water partition coefficient (Wildman–Crippen LogP) is 2.75. The third kappa shape index (κ3) is 1.65. The Morgan fingerprint density at radius 3 is 2.73 bits per heavy atom. The van der Waals surface area contributed by atoms with Gasteiger partial charge < -0.3 is 10.1 Å². The third-order valence-corrected chi connectivity index (χ3v) is 3.07. The molecule has 0 atom stereocenters. The number of aliphatic hydroxyl groups is 1. The van der Waals surface area contributed by atoms with Gasteiger partial charge in [0.25, 0.3) is 0 Å². The van der Waals surface area contributed by atoms with Crippen LogP contribution in [0.2, 0.25) is 0 Å². The average molecular weight is 203 g/mol. The summed E-state index contributed by atoms with van der Waals surface area (Å²) in [6.07, 6.45) is 2.01. The van der Waals surface area contributed by atoms with E-state index in [0.29, 0.717) is 0 Å². The fourth-order valence-electron chi connectivity index (χ4n) is 1.77. The molecule has 2 nitrogen and oxygen atoms in total. The molecule has 0 spiro atoms. The highest BCUT2D eigenvalue weighted by molar-refractivity contribution is 5.83. The van der Waals surface area contributed by atoms with Crippen LogP contribution in [0.4, 0.5) is 0 Å². The van der Waals surface area contributed by atoms with Crippen LogP contribution in [0, 0.1) is 6.92 Å². The van der Waals surface area contributed by atoms with Gasteiger partial charge in [-0.1, -0.05) is 19.9 Å². The van der Waals surface area contributed by atoms with Crippen LogP contribution in [0.3, 0.4) is 0 Å². The molecule has 1 aromatic heterocycles. The van der Waals surface area contributed by atoms with E-state index < -0.39 is 0 Å². The highest BCUT2D eigenvalue weighted by Gasteiger charge is 2.19. The van der Waals surface area contributed by atoms with Crippen LogP contribution >= 0.6 is 0 Å². The molecule has 80 valence electrons. The first-order valence-corrected chi connectivity index (χ1v) is 5.24. The number of benzene rings is 1. The predicted molar refractivity (Wildman–Crippen MR) is 63.1 cm³/mol. The molecule has 0 radical (unpaired) electrons. The van der Waals surface area contributed by atoms with Crippen LogP contribution < -0.4 is 0 Å². The summed E-state index contributed by atoms with van der Waals surface area (Å²) in [7, 11) is 0. The van der Waals surface area contributed by atoms with E-state index in [-0.39, 0.29) is 12.0 Å². The molecule has 0 amide bonds. The van der Waals surface area contributed by atoms with Crippen molar-refractivity contribution in [3.8, 4) is 0 Å². The first kappa shape index (κ1) is 10.2. The Bertz CT molecular complexity index is 482. The number of H-pyrrole nitrogens is 1. The molecule has 2 aromatic rings. The molecule has 0 aliphatic carbocycles. The summed E-state index contributed by atoms with van der Waals surface area (Å²) < 4.78 is 0. The van der Waals surface area contributed by atoms with Gasteiger partial charge in [0.15, 0.2) is 0 Å². The number of fused-ring (bicyclic) bond motifs is 1. The van der Waals surface area contributed by atoms with Crippen LogP contribution in [-0.2, 0) is 5.41 Å². The number of aryl methyl sites for hydroxylation is 1. The Labute approximate surface area is 89.9 Å². The van der Waals surface area contributed by atoms with Crippen molar-refractivity contribution in [2.24, 2.45) is 0 Å². The van der Waals surface area contributed by atoms with Gasteiger partial charge in [0, 0.05) is 22.5 Å². The molecule has 0 saturated carbocycles. The zero-order valence-corrected chi connectivity index (χ0v) is 9.46. The molecule has 0 saturated heterocycles. The molecule has 0 bridgehead atoms. The van der Waals surface area contributed by atoms with Gasteiger partial charge >= 0.3 is 0 Å². The number of rotatable bonds is 2. The summed E-state index contributed by atoms with van der Waals surface area (Å²) in [6, 6.07) is 6.32. The van der Waals surface area contributed by atoms with Gasteiger partial charge in [-0.3, -0.25) is 0 Å². The van der Waals surface area contributed by atoms with Crippen molar-refractivity contribution in [2.75, 3.05) is 6.61 Å². The van der Waals surface area contributed by atoms with E-state index in [9.17, 15) is 5.11 Å². The van der Waals surface area contributed by atoms with Gasteiger partial charge in [-0.05, 0) is 30.2 Å². The third-order valence-electron chi connectivity index (χ3n) is 3.07. The van der Waals surface area contributed by atoms with Gasteiger partial charge in [0.2, 0.25) is 0 Å². The Kier molecular flexibility index (Phi) is 2.31. The maximum Gasteiger partial charge on any atom is 0.0522 e. The lowest BCUT2D eigenvalue weighted by Crippen LogP contribution is -2.21. The van der Waals surface area contributed by atoms with Crippen LogP contribution in [-0.4, -0.2) is 16.7 Å². The Morgan fingerprint density at radius 2 is 2.07 bits per heavy atom. The Hall–Kier alpha value is -1.28. The molecule has 15 heavy (non-hydrogen) atoms. The van der Waals surface area contributed by atoms with Gasteiger partial charge in [0.05, 0.1) is 6.61 Å². The monoisotopic (exact) mass is 203 g/mol. The molecule has 2 N–H and O–H groups in total. The van der Waals surface area contributed by atoms with E-state index in [0.717, 1.165) is 5.52 Å². The number of aromatic amines is 1. The molecule has 0 unspecified atom stereocenters. The van der Waals surface area contributed by atoms with Crippen molar-refractivity contribution in [3.63, 3.8) is 0 Å². The van der Waals surface area contributed by atoms with Gasteiger partial charge in [-0.25, -0.2) is 0 Å². The van der Waals surface area contributed by atoms with E-state index in [1.165, 1.54) is 16.5 Å². The second kappa shape index (κ2) is 3.38. The maximum atomic E-state index is 9.33. The lowest BCUT2D eigenvalue weighted by molar-refractivity contribution is 0.218. The molecular weight excluding hydrogens is 186 g/mol. The van der Waals surface area contributed by atoms with Crippen LogP contribution in [0.5, 0.6) is 0 Å². The lowest BCUT2D eigenvalue weighted by Gasteiger charge is -2.22. The molecule has 0 aliphatic heterocycles. The summed E-state index contributed by atoms with van der Waals surface area (Å²) >= 11 is 0. The molecule has 2 heteroatoms. The van der Waals surface area contributed by atoms with Crippen LogP contribution in [0.15, 0.2) is 24.4 Å². The Morgan fingerprint density at radius 1 is 1.33 bits per heavy atom. The summed E-state index contributed by atoms with van der Waals surface area (Å²) in [5.74, 6) is 0. The summed E-state index contributed by atoms with van der Waals surface area (Å²) in [4.78, 5) is 3.22. The fourth-order valence-corrected chi connectivity index (χ4v) is 1.77. The van der Waals surface area contributed by atoms with Gasteiger partial charge in [0.1, 0.15) is 0 Å².